The highest BCUT2D eigenvalue weighted by molar-refractivity contribution is 5.91. The number of para-hydroxylation sites is 1. The average molecular weight is 630 g/mol. The van der Waals surface area contributed by atoms with Crippen LogP contribution >= 0.6 is 0 Å². The summed E-state index contributed by atoms with van der Waals surface area (Å²) in [7, 11) is 0. The smallest absolute Gasteiger partial charge is 0.160 e. The summed E-state index contributed by atoms with van der Waals surface area (Å²) in [5, 5.41) is 11.0. The van der Waals surface area contributed by atoms with Crippen LogP contribution in [0.25, 0.3) is 78.0 Å². The quantitative estimate of drug-likeness (QED) is 0.157. The lowest BCUT2D eigenvalue weighted by Gasteiger charge is -2.11. The van der Waals surface area contributed by atoms with Crippen molar-refractivity contribution in [2.75, 3.05) is 0 Å². The Balaban J connectivity index is 1.09. The van der Waals surface area contributed by atoms with Crippen molar-refractivity contribution in [3.8, 4) is 50.6 Å². The van der Waals surface area contributed by atoms with Gasteiger partial charge in [0.1, 0.15) is 5.52 Å². The summed E-state index contributed by atoms with van der Waals surface area (Å²) >= 11 is 0. The third kappa shape index (κ3) is 5.86. The molecule has 0 bridgehead atoms. The number of hydrogen-bond donors (Lipinski definition) is 0. The number of allylic oxidation sites excluding steroid dienone is 4. The molecule has 0 aliphatic heterocycles. The van der Waals surface area contributed by atoms with Crippen LogP contribution in [0, 0.1) is 0 Å². The molecule has 2 heterocycles. The molecular formula is C44H31N5. The standard InChI is InChI=1S/C44H31N5/c1-3-10-30(4-2)41-29-42(34-11-6-5-7-12-34)46-44(45-41)35-19-15-31(16-20-35)36-21-17-33-18-22-37(28-38(33)27-36)32-23-25-39(26-24-32)49-43-14-9-8-13-40(43)47-48-49/h3-29H,1-2H2/b30-10+. The molecule has 8 rings (SSSR count). The maximum Gasteiger partial charge on any atom is 0.160 e. The zero-order valence-corrected chi connectivity index (χ0v) is 26.7. The monoisotopic (exact) mass is 629 g/mol. The van der Waals surface area contributed by atoms with Gasteiger partial charge in [-0.15, -0.1) is 5.10 Å². The number of nitrogens with zero attached hydrogens (tertiary/aromatic N) is 5. The number of fused-ring (bicyclic) bond motifs is 2. The van der Waals surface area contributed by atoms with E-state index in [1.807, 2.05) is 59.3 Å². The van der Waals surface area contributed by atoms with Crippen molar-refractivity contribution < 1.29 is 0 Å². The molecule has 232 valence electrons. The minimum absolute atomic E-state index is 0.658. The molecule has 0 atom stereocenters. The van der Waals surface area contributed by atoms with E-state index in [-0.39, 0.29) is 0 Å². The van der Waals surface area contributed by atoms with Crippen molar-refractivity contribution in [3.05, 3.63) is 183 Å². The third-order valence-corrected chi connectivity index (χ3v) is 8.72. The second-order valence-corrected chi connectivity index (χ2v) is 11.8. The molecular weight excluding hydrogens is 599 g/mol. The van der Waals surface area contributed by atoms with E-state index in [4.69, 9.17) is 9.97 Å². The second kappa shape index (κ2) is 12.8. The molecule has 0 saturated heterocycles. The third-order valence-electron chi connectivity index (χ3n) is 8.72. The van der Waals surface area contributed by atoms with Crippen LogP contribution in [0.5, 0.6) is 0 Å². The molecule has 0 aliphatic rings. The predicted octanol–water partition coefficient (Wildman–Crippen LogP) is 10.8. The van der Waals surface area contributed by atoms with Crippen molar-refractivity contribution >= 4 is 27.4 Å². The zero-order valence-electron chi connectivity index (χ0n) is 26.7. The first-order valence-electron chi connectivity index (χ1n) is 16.1. The molecule has 0 unspecified atom stereocenters. The predicted molar refractivity (Wildman–Crippen MR) is 202 cm³/mol. The van der Waals surface area contributed by atoms with Crippen LogP contribution in [0.1, 0.15) is 5.69 Å². The first kappa shape index (κ1) is 29.7. The van der Waals surface area contributed by atoms with Crippen molar-refractivity contribution in [1.82, 2.24) is 25.0 Å². The van der Waals surface area contributed by atoms with Gasteiger partial charge >= 0.3 is 0 Å². The fourth-order valence-electron chi connectivity index (χ4n) is 6.14. The van der Waals surface area contributed by atoms with E-state index in [0.717, 1.165) is 67.1 Å². The van der Waals surface area contributed by atoms with Crippen LogP contribution < -0.4 is 0 Å². The topological polar surface area (TPSA) is 56.5 Å². The summed E-state index contributed by atoms with van der Waals surface area (Å²) in [6.45, 7) is 7.85. The minimum Gasteiger partial charge on any atom is -0.228 e. The summed E-state index contributed by atoms with van der Waals surface area (Å²) < 4.78 is 1.88. The summed E-state index contributed by atoms with van der Waals surface area (Å²) in [5.41, 5.74) is 11.9. The summed E-state index contributed by atoms with van der Waals surface area (Å²) in [6.07, 6.45) is 5.46. The van der Waals surface area contributed by atoms with Crippen LogP contribution in [0.2, 0.25) is 0 Å². The van der Waals surface area contributed by atoms with Crippen molar-refractivity contribution in [2.24, 2.45) is 0 Å². The van der Waals surface area contributed by atoms with Gasteiger partial charge in [0.15, 0.2) is 5.82 Å². The lowest BCUT2D eigenvalue weighted by atomic mass is 9.97. The molecule has 8 aromatic rings. The number of hydrogen-bond acceptors (Lipinski definition) is 4. The van der Waals surface area contributed by atoms with Crippen molar-refractivity contribution in [2.45, 2.75) is 0 Å². The lowest BCUT2D eigenvalue weighted by molar-refractivity contribution is 0.824. The van der Waals surface area contributed by atoms with E-state index in [2.05, 4.69) is 121 Å². The Hall–Kier alpha value is -6.72. The fourth-order valence-corrected chi connectivity index (χ4v) is 6.14. The average Bonchev–Trinajstić information content (AvgIpc) is 3.61. The Bertz CT molecular complexity index is 2510. The van der Waals surface area contributed by atoms with Crippen LogP contribution in [0.4, 0.5) is 0 Å². The Kier molecular flexibility index (Phi) is 7.76. The highest BCUT2D eigenvalue weighted by Crippen LogP contribution is 2.31. The van der Waals surface area contributed by atoms with E-state index >= 15 is 0 Å². The molecule has 0 fully saturated rings. The van der Waals surface area contributed by atoms with Crippen LogP contribution in [-0.2, 0) is 0 Å². The molecule has 6 aromatic carbocycles. The molecule has 5 heteroatoms. The van der Waals surface area contributed by atoms with E-state index in [1.54, 1.807) is 12.2 Å². The van der Waals surface area contributed by atoms with E-state index < -0.39 is 0 Å². The Labute approximate surface area is 284 Å². The van der Waals surface area contributed by atoms with Gasteiger partial charge in [0.2, 0.25) is 0 Å². The van der Waals surface area contributed by atoms with Gasteiger partial charge < -0.3 is 0 Å². The molecule has 0 spiro atoms. The van der Waals surface area contributed by atoms with Gasteiger partial charge in [0.25, 0.3) is 0 Å². The highest BCUT2D eigenvalue weighted by atomic mass is 15.4. The van der Waals surface area contributed by atoms with Gasteiger partial charge in [-0.2, -0.15) is 0 Å². The summed E-state index contributed by atoms with van der Waals surface area (Å²) in [6, 6.07) is 50.3. The van der Waals surface area contributed by atoms with Gasteiger partial charge in [-0.3, -0.25) is 0 Å². The normalized spacial score (nSPS) is 11.6. The van der Waals surface area contributed by atoms with Gasteiger partial charge in [-0.1, -0.05) is 140 Å². The van der Waals surface area contributed by atoms with Crippen LogP contribution in [0.3, 0.4) is 0 Å². The van der Waals surface area contributed by atoms with Gasteiger partial charge in [-0.25, -0.2) is 14.6 Å². The molecule has 5 nitrogen and oxygen atoms in total. The molecule has 0 radical (unpaired) electrons. The number of aromatic nitrogens is 5. The van der Waals surface area contributed by atoms with Crippen LogP contribution in [0.15, 0.2) is 177 Å². The first-order chi connectivity index (χ1) is 24.2. The lowest BCUT2D eigenvalue weighted by Crippen LogP contribution is -1.97. The molecule has 49 heavy (non-hydrogen) atoms. The Morgan fingerprint density at radius 2 is 1.18 bits per heavy atom. The maximum atomic E-state index is 4.96. The minimum atomic E-state index is 0.658. The molecule has 0 N–H and O–H groups in total. The highest BCUT2D eigenvalue weighted by Gasteiger charge is 2.12. The summed E-state index contributed by atoms with van der Waals surface area (Å²) in [5.74, 6) is 0.658. The molecule has 0 saturated carbocycles. The SMILES string of the molecule is C=C/C=C(\C=C)c1cc(-c2ccccc2)nc(-c2ccc(-c3ccc4ccc(-c5ccc(-n6nnc7ccccc76)cc5)cc4c3)cc2)n1. The molecule has 0 aliphatic carbocycles. The van der Waals surface area contributed by atoms with E-state index in [1.165, 1.54) is 10.8 Å². The molecule has 2 aromatic heterocycles. The summed E-state index contributed by atoms with van der Waals surface area (Å²) in [4.78, 5) is 9.89. The van der Waals surface area contributed by atoms with Crippen molar-refractivity contribution in [1.29, 1.82) is 0 Å². The van der Waals surface area contributed by atoms with Gasteiger partial charge in [0.05, 0.1) is 22.6 Å². The molecule has 0 amide bonds. The van der Waals surface area contributed by atoms with Gasteiger partial charge in [0, 0.05) is 11.1 Å². The number of rotatable bonds is 8. The van der Waals surface area contributed by atoms with Crippen molar-refractivity contribution in [3.63, 3.8) is 0 Å². The first-order valence-corrected chi connectivity index (χ1v) is 16.1. The Morgan fingerprint density at radius 3 is 1.88 bits per heavy atom. The largest absolute Gasteiger partial charge is 0.228 e. The van der Waals surface area contributed by atoms with E-state index in [0.29, 0.717) is 5.82 Å². The maximum absolute atomic E-state index is 4.96. The van der Waals surface area contributed by atoms with Crippen LogP contribution in [-0.4, -0.2) is 25.0 Å². The Morgan fingerprint density at radius 1 is 0.551 bits per heavy atom. The zero-order chi connectivity index (χ0) is 33.2. The van der Waals surface area contributed by atoms with E-state index in [9.17, 15) is 0 Å². The van der Waals surface area contributed by atoms with Gasteiger partial charge in [-0.05, 0) is 81.1 Å². The number of benzene rings is 6. The second-order valence-electron chi connectivity index (χ2n) is 11.8. The fraction of sp³-hybridized carbons (Fsp3) is 0.